The molecule has 0 fully saturated rings. The van der Waals surface area contributed by atoms with E-state index in [0.29, 0.717) is 10.6 Å². The van der Waals surface area contributed by atoms with Gasteiger partial charge in [-0.05, 0) is 31.2 Å². The highest BCUT2D eigenvalue weighted by atomic mass is 35.5. The number of nitrogens with one attached hydrogen (secondary N) is 1. The van der Waals surface area contributed by atoms with Crippen LogP contribution in [0.3, 0.4) is 0 Å². The quantitative estimate of drug-likeness (QED) is 0.844. The van der Waals surface area contributed by atoms with Gasteiger partial charge in [-0.25, -0.2) is 0 Å². The SMILES string of the molecule is CC(O)CN(C)C(=O)CNC(=O)c1ccc(Cl)cc1. The molecular weight excluding hydrogens is 268 g/mol. The van der Waals surface area contributed by atoms with Gasteiger partial charge in [-0.3, -0.25) is 9.59 Å². The Kier molecular flexibility index (Phi) is 5.79. The fraction of sp³-hybridized carbons (Fsp3) is 0.385. The predicted molar refractivity (Wildman–Crippen MR) is 73.1 cm³/mol. The Morgan fingerprint density at radius 1 is 1.37 bits per heavy atom. The lowest BCUT2D eigenvalue weighted by atomic mass is 10.2. The van der Waals surface area contributed by atoms with Crippen LogP contribution in [0.1, 0.15) is 17.3 Å². The molecule has 0 aliphatic rings. The molecule has 19 heavy (non-hydrogen) atoms. The topological polar surface area (TPSA) is 69.6 Å². The van der Waals surface area contributed by atoms with Crippen LogP contribution >= 0.6 is 11.6 Å². The number of rotatable bonds is 5. The maximum absolute atomic E-state index is 11.7. The van der Waals surface area contributed by atoms with Crippen LogP contribution in [0.5, 0.6) is 0 Å². The average molecular weight is 285 g/mol. The number of hydrogen-bond acceptors (Lipinski definition) is 3. The molecule has 0 aliphatic heterocycles. The fourth-order valence-corrected chi connectivity index (χ4v) is 1.62. The minimum atomic E-state index is -0.596. The Balaban J connectivity index is 2.46. The second-order valence-electron chi connectivity index (χ2n) is 4.31. The van der Waals surface area contributed by atoms with Gasteiger partial charge >= 0.3 is 0 Å². The highest BCUT2D eigenvalue weighted by Crippen LogP contribution is 2.09. The lowest BCUT2D eigenvalue weighted by Crippen LogP contribution is -2.40. The number of aliphatic hydroxyl groups excluding tert-OH is 1. The van der Waals surface area contributed by atoms with Crippen molar-refractivity contribution in [3.8, 4) is 0 Å². The molecule has 0 saturated carbocycles. The molecule has 2 N–H and O–H groups in total. The maximum atomic E-state index is 11.7. The second kappa shape index (κ2) is 7.11. The van der Waals surface area contributed by atoms with Gasteiger partial charge in [0.05, 0.1) is 12.6 Å². The molecular formula is C13H17ClN2O3. The molecule has 5 nitrogen and oxygen atoms in total. The number of halogens is 1. The van der Waals surface area contributed by atoms with Crippen LogP contribution in [0.15, 0.2) is 24.3 Å². The zero-order valence-electron chi connectivity index (χ0n) is 10.9. The van der Waals surface area contributed by atoms with Crippen LogP contribution in [0.25, 0.3) is 0 Å². The monoisotopic (exact) mass is 284 g/mol. The van der Waals surface area contributed by atoms with Gasteiger partial charge in [0, 0.05) is 24.2 Å². The predicted octanol–water partition coefficient (Wildman–Crippen LogP) is 0.909. The van der Waals surface area contributed by atoms with Crippen molar-refractivity contribution in [2.75, 3.05) is 20.1 Å². The van der Waals surface area contributed by atoms with Crippen LogP contribution in [0, 0.1) is 0 Å². The summed E-state index contributed by atoms with van der Waals surface area (Å²) in [6.45, 7) is 1.72. The van der Waals surface area contributed by atoms with Crippen molar-refractivity contribution in [2.45, 2.75) is 13.0 Å². The van der Waals surface area contributed by atoms with Crippen molar-refractivity contribution in [1.82, 2.24) is 10.2 Å². The molecule has 0 aliphatic carbocycles. The number of nitrogens with zero attached hydrogens (tertiary/aromatic N) is 1. The van der Waals surface area contributed by atoms with E-state index in [-0.39, 0.29) is 24.9 Å². The summed E-state index contributed by atoms with van der Waals surface area (Å²) >= 11 is 5.72. The number of benzene rings is 1. The van der Waals surface area contributed by atoms with E-state index in [0.717, 1.165) is 0 Å². The summed E-state index contributed by atoms with van der Waals surface area (Å²) in [5, 5.41) is 12.2. The molecule has 1 unspecified atom stereocenters. The molecule has 0 radical (unpaired) electrons. The molecule has 0 spiro atoms. The van der Waals surface area contributed by atoms with Gasteiger partial charge in [0.2, 0.25) is 5.91 Å². The third-order valence-electron chi connectivity index (χ3n) is 2.47. The Morgan fingerprint density at radius 2 is 1.95 bits per heavy atom. The first kappa shape index (κ1) is 15.5. The summed E-state index contributed by atoms with van der Waals surface area (Å²) in [7, 11) is 1.57. The maximum Gasteiger partial charge on any atom is 0.251 e. The molecule has 1 atom stereocenters. The molecule has 0 aromatic heterocycles. The normalized spacial score (nSPS) is 11.8. The van der Waals surface area contributed by atoms with E-state index in [9.17, 15) is 9.59 Å². The summed E-state index contributed by atoms with van der Waals surface area (Å²) < 4.78 is 0. The molecule has 1 rings (SSSR count). The first-order chi connectivity index (χ1) is 8.90. The first-order valence-corrected chi connectivity index (χ1v) is 6.23. The minimum Gasteiger partial charge on any atom is -0.392 e. The van der Waals surface area contributed by atoms with E-state index in [1.807, 2.05) is 0 Å². The van der Waals surface area contributed by atoms with Crippen molar-refractivity contribution in [2.24, 2.45) is 0 Å². The van der Waals surface area contributed by atoms with E-state index in [1.54, 1.807) is 38.2 Å². The Hall–Kier alpha value is -1.59. The van der Waals surface area contributed by atoms with Crippen LogP contribution < -0.4 is 5.32 Å². The number of carbonyl (C=O) groups is 2. The van der Waals surface area contributed by atoms with E-state index in [2.05, 4.69) is 5.32 Å². The summed E-state index contributed by atoms with van der Waals surface area (Å²) in [6.07, 6.45) is -0.596. The zero-order chi connectivity index (χ0) is 14.4. The van der Waals surface area contributed by atoms with Gasteiger partial charge in [-0.2, -0.15) is 0 Å². The minimum absolute atomic E-state index is 0.106. The van der Waals surface area contributed by atoms with Crippen molar-refractivity contribution < 1.29 is 14.7 Å². The summed E-state index contributed by atoms with van der Waals surface area (Å²) in [5.74, 6) is -0.598. The third-order valence-corrected chi connectivity index (χ3v) is 2.72. The van der Waals surface area contributed by atoms with Crippen molar-refractivity contribution in [3.05, 3.63) is 34.9 Å². The standard InChI is InChI=1S/C13H17ClN2O3/c1-9(17)8-16(2)12(18)7-15-13(19)10-3-5-11(14)6-4-10/h3-6,9,17H,7-8H2,1-2H3,(H,15,19). The molecule has 0 heterocycles. The van der Waals surface area contributed by atoms with Crippen LogP contribution in [-0.2, 0) is 4.79 Å². The lowest BCUT2D eigenvalue weighted by molar-refractivity contribution is -0.129. The average Bonchev–Trinajstić information content (AvgIpc) is 2.35. The van der Waals surface area contributed by atoms with Gasteiger partial charge in [0.1, 0.15) is 0 Å². The molecule has 104 valence electrons. The van der Waals surface area contributed by atoms with Crippen molar-refractivity contribution in [3.63, 3.8) is 0 Å². The van der Waals surface area contributed by atoms with Crippen molar-refractivity contribution in [1.29, 1.82) is 0 Å². The molecule has 0 saturated heterocycles. The Bertz CT molecular complexity index is 446. The molecule has 0 bridgehead atoms. The highest BCUT2D eigenvalue weighted by Gasteiger charge is 2.12. The van der Waals surface area contributed by atoms with Gasteiger partial charge in [-0.15, -0.1) is 0 Å². The summed E-state index contributed by atoms with van der Waals surface area (Å²) in [6, 6.07) is 6.39. The van der Waals surface area contributed by atoms with Crippen LogP contribution in [0.4, 0.5) is 0 Å². The molecule has 2 amide bonds. The number of aliphatic hydroxyl groups is 1. The van der Waals surface area contributed by atoms with E-state index in [4.69, 9.17) is 16.7 Å². The number of hydrogen-bond donors (Lipinski definition) is 2. The lowest BCUT2D eigenvalue weighted by Gasteiger charge is -2.18. The van der Waals surface area contributed by atoms with Crippen LogP contribution in [-0.4, -0.2) is 48.1 Å². The van der Waals surface area contributed by atoms with Gasteiger partial charge in [0.15, 0.2) is 0 Å². The molecule has 1 aromatic carbocycles. The van der Waals surface area contributed by atoms with E-state index >= 15 is 0 Å². The Morgan fingerprint density at radius 3 is 2.47 bits per heavy atom. The summed E-state index contributed by atoms with van der Waals surface area (Å²) in [4.78, 5) is 24.7. The number of amides is 2. The Labute approximate surface area is 117 Å². The summed E-state index contributed by atoms with van der Waals surface area (Å²) in [5.41, 5.74) is 0.440. The van der Waals surface area contributed by atoms with E-state index < -0.39 is 6.10 Å². The van der Waals surface area contributed by atoms with Gasteiger partial charge < -0.3 is 15.3 Å². The zero-order valence-corrected chi connectivity index (χ0v) is 11.6. The number of likely N-dealkylation sites (N-methyl/N-ethyl adjacent to an activating group) is 1. The third kappa shape index (κ3) is 5.28. The fourth-order valence-electron chi connectivity index (χ4n) is 1.49. The van der Waals surface area contributed by atoms with E-state index in [1.165, 1.54) is 4.90 Å². The van der Waals surface area contributed by atoms with Gasteiger partial charge in [-0.1, -0.05) is 11.6 Å². The van der Waals surface area contributed by atoms with Gasteiger partial charge in [0.25, 0.3) is 5.91 Å². The number of carbonyl (C=O) groups excluding carboxylic acids is 2. The van der Waals surface area contributed by atoms with Crippen molar-refractivity contribution >= 4 is 23.4 Å². The molecule has 6 heteroatoms. The molecule has 1 aromatic rings. The largest absolute Gasteiger partial charge is 0.392 e. The second-order valence-corrected chi connectivity index (χ2v) is 4.75. The highest BCUT2D eigenvalue weighted by molar-refractivity contribution is 6.30. The first-order valence-electron chi connectivity index (χ1n) is 5.86. The van der Waals surface area contributed by atoms with Crippen LogP contribution in [0.2, 0.25) is 5.02 Å². The smallest absolute Gasteiger partial charge is 0.251 e.